The molecule has 0 radical (unpaired) electrons. The van der Waals surface area contributed by atoms with E-state index in [2.05, 4.69) is 5.32 Å². The van der Waals surface area contributed by atoms with Gasteiger partial charge in [0.15, 0.2) is 5.78 Å². The van der Waals surface area contributed by atoms with Crippen LogP contribution in [0.2, 0.25) is 0 Å². The first-order valence-corrected chi connectivity index (χ1v) is 9.04. The topological polar surface area (TPSA) is 81.4 Å². The Kier molecular flexibility index (Phi) is 7.06. The number of carbonyl (C=O) groups excluding carboxylic acids is 2. The number of hydrogen-bond donors (Lipinski definition) is 2. The lowest BCUT2D eigenvalue weighted by molar-refractivity contribution is -0.121. The smallest absolute Gasteiger partial charge is 0.217 e. The molecule has 0 aliphatic heterocycles. The molecule has 0 fully saturated rings. The summed E-state index contributed by atoms with van der Waals surface area (Å²) in [7, 11) is 0. The lowest BCUT2D eigenvalue weighted by Gasteiger charge is -2.36. The number of halogens is 1. The number of nitrogens with one attached hydrogen (secondary N) is 1. The van der Waals surface area contributed by atoms with Crippen LogP contribution in [0.15, 0.2) is 35.9 Å². The summed E-state index contributed by atoms with van der Waals surface area (Å²) in [6.07, 6.45) is 3.26. The van der Waals surface area contributed by atoms with Gasteiger partial charge in [-0.1, -0.05) is 13.8 Å². The summed E-state index contributed by atoms with van der Waals surface area (Å²) >= 11 is 0. The maximum atomic E-state index is 13.1. The SMILES string of the molecule is CCC(CC)O[C@@H]1C=C(C(=O)c2ccc(F)cc2)C[C@H](N)[C@H]1NC(C)=O. The van der Waals surface area contributed by atoms with Crippen LogP contribution in [-0.4, -0.2) is 36.0 Å². The molecule has 1 aliphatic carbocycles. The molecular formula is C20H27FN2O3. The molecule has 3 atom stereocenters. The van der Waals surface area contributed by atoms with E-state index in [4.69, 9.17) is 10.5 Å². The molecule has 5 nitrogen and oxygen atoms in total. The number of rotatable bonds is 7. The number of carbonyl (C=O) groups is 2. The number of Topliss-reactive ketones (excluding diaryl/α,β-unsaturated/α-hetero) is 1. The second-order valence-electron chi connectivity index (χ2n) is 6.66. The van der Waals surface area contributed by atoms with Crippen LogP contribution in [0.3, 0.4) is 0 Å². The quantitative estimate of drug-likeness (QED) is 0.731. The van der Waals surface area contributed by atoms with Gasteiger partial charge < -0.3 is 15.8 Å². The van der Waals surface area contributed by atoms with Crippen molar-refractivity contribution in [2.24, 2.45) is 5.73 Å². The van der Waals surface area contributed by atoms with Crippen molar-refractivity contribution in [3.8, 4) is 0 Å². The van der Waals surface area contributed by atoms with E-state index in [1.165, 1.54) is 31.2 Å². The zero-order valence-corrected chi connectivity index (χ0v) is 15.5. The van der Waals surface area contributed by atoms with Crippen molar-refractivity contribution in [1.29, 1.82) is 0 Å². The largest absolute Gasteiger partial charge is 0.369 e. The Labute approximate surface area is 153 Å². The van der Waals surface area contributed by atoms with Crippen molar-refractivity contribution in [3.05, 3.63) is 47.3 Å². The highest BCUT2D eigenvalue weighted by atomic mass is 19.1. The molecule has 0 spiro atoms. The van der Waals surface area contributed by atoms with Crippen molar-refractivity contribution >= 4 is 11.7 Å². The standard InChI is InChI=1S/C20H27FN2O3/c1-4-16(5-2)26-18-11-14(10-17(22)19(18)23-12(3)24)20(25)13-6-8-15(21)9-7-13/h6-9,11,16-19H,4-5,10,22H2,1-3H3,(H,23,24)/t17-,18+,19+/m0/s1. The van der Waals surface area contributed by atoms with Crippen LogP contribution < -0.4 is 11.1 Å². The van der Waals surface area contributed by atoms with E-state index < -0.39 is 24.0 Å². The number of nitrogens with two attached hydrogens (primary N) is 1. The molecule has 1 aliphatic rings. The number of amides is 1. The average molecular weight is 362 g/mol. The zero-order valence-electron chi connectivity index (χ0n) is 15.5. The number of hydrogen-bond acceptors (Lipinski definition) is 4. The summed E-state index contributed by atoms with van der Waals surface area (Å²) < 4.78 is 19.2. The Morgan fingerprint density at radius 2 is 1.88 bits per heavy atom. The van der Waals surface area contributed by atoms with Gasteiger partial charge in [0.2, 0.25) is 5.91 Å². The van der Waals surface area contributed by atoms with Crippen molar-refractivity contribution in [1.82, 2.24) is 5.32 Å². The predicted molar refractivity (Wildman–Crippen MR) is 98.3 cm³/mol. The fourth-order valence-corrected chi connectivity index (χ4v) is 3.20. The van der Waals surface area contributed by atoms with E-state index in [-0.39, 0.29) is 17.8 Å². The lowest BCUT2D eigenvalue weighted by atomic mass is 9.85. The van der Waals surface area contributed by atoms with Crippen LogP contribution in [0.1, 0.15) is 50.4 Å². The van der Waals surface area contributed by atoms with Gasteiger partial charge in [0.25, 0.3) is 0 Å². The van der Waals surface area contributed by atoms with Gasteiger partial charge in [-0.15, -0.1) is 0 Å². The summed E-state index contributed by atoms with van der Waals surface area (Å²) in [5.74, 6) is -0.776. The molecule has 1 aromatic carbocycles. The first-order chi connectivity index (χ1) is 12.3. The highest BCUT2D eigenvalue weighted by Crippen LogP contribution is 2.25. The average Bonchev–Trinajstić information content (AvgIpc) is 2.61. The van der Waals surface area contributed by atoms with E-state index in [9.17, 15) is 14.0 Å². The van der Waals surface area contributed by atoms with Crippen molar-refractivity contribution in [2.75, 3.05) is 0 Å². The molecule has 26 heavy (non-hydrogen) atoms. The molecule has 0 bridgehead atoms. The zero-order chi connectivity index (χ0) is 19.3. The highest BCUT2D eigenvalue weighted by Gasteiger charge is 2.35. The summed E-state index contributed by atoms with van der Waals surface area (Å²) in [6.45, 7) is 5.49. The minimum atomic E-state index is -0.480. The van der Waals surface area contributed by atoms with Crippen LogP contribution in [-0.2, 0) is 9.53 Å². The number of ether oxygens (including phenoxy) is 1. The summed E-state index contributed by atoms with van der Waals surface area (Å²) in [6, 6.07) is 4.60. The minimum absolute atomic E-state index is 0.0139. The number of benzene rings is 1. The molecule has 6 heteroatoms. The number of ketones is 1. The molecule has 0 saturated carbocycles. The van der Waals surface area contributed by atoms with Crippen molar-refractivity contribution in [2.45, 2.75) is 64.3 Å². The van der Waals surface area contributed by atoms with Crippen molar-refractivity contribution in [3.63, 3.8) is 0 Å². The van der Waals surface area contributed by atoms with Gasteiger partial charge >= 0.3 is 0 Å². The molecule has 1 amide bonds. The fraction of sp³-hybridized carbons (Fsp3) is 0.500. The van der Waals surface area contributed by atoms with Gasteiger partial charge in [0, 0.05) is 24.1 Å². The molecule has 0 heterocycles. The Bertz CT molecular complexity index is 668. The van der Waals surface area contributed by atoms with E-state index >= 15 is 0 Å². The predicted octanol–water partition coefficient (Wildman–Crippen LogP) is 2.74. The molecule has 2 rings (SSSR count). The minimum Gasteiger partial charge on any atom is -0.369 e. The molecule has 3 N–H and O–H groups in total. The van der Waals surface area contributed by atoms with Gasteiger partial charge in [0.05, 0.1) is 18.2 Å². The van der Waals surface area contributed by atoms with Crippen LogP contribution in [0.25, 0.3) is 0 Å². The Balaban J connectivity index is 2.30. The maximum Gasteiger partial charge on any atom is 0.217 e. The van der Waals surface area contributed by atoms with Crippen molar-refractivity contribution < 1.29 is 18.7 Å². The van der Waals surface area contributed by atoms with Crippen LogP contribution >= 0.6 is 0 Å². The third-order valence-electron chi connectivity index (χ3n) is 4.66. The molecule has 0 saturated heterocycles. The first kappa shape index (κ1) is 20.3. The summed E-state index contributed by atoms with van der Waals surface area (Å²) in [5.41, 5.74) is 7.19. The van der Waals surface area contributed by atoms with E-state index in [0.717, 1.165) is 12.8 Å². The van der Waals surface area contributed by atoms with Crippen LogP contribution in [0.4, 0.5) is 4.39 Å². The van der Waals surface area contributed by atoms with E-state index in [1.54, 1.807) is 6.08 Å². The maximum absolute atomic E-state index is 13.1. The van der Waals surface area contributed by atoms with E-state index in [0.29, 0.717) is 17.6 Å². The van der Waals surface area contributed by atoms with Gasteiger partial charge in [-0.2, -0.15) is 0 Å². The Morgan fingerprint density at radius 1 is 1.27 bits per heavy atom. The second kappa shape index (κ2) is 9.05. The Morgan fingerprint density at radius 3 is 2.42 bits per heavy atom. The Hall–Kier alpha value is -2.05. The van der Waals surface area contributed by atoms with Gasteiger partial charge in [-0.05, 0) is 49.6 Å². The molecular weight excluding hydrogens is 335 g/mol. The van der Waals surface area contributed by atoms with E-state index in [1.807, 2.05) is 13.8 Å². The second-order valence-corrected chi connectivity index (χ2v) is 6.66. The van der Waals surface area contributed by atoms with Gasteiger partial charge in [0.1, 0.15) is 5.82 Å². The molecule has 1 aromatic rings. The lowest BCUT2D eigenvalue weighted by Crippen LogP contribution is -2.57. The van der Waals surface area contributed by atoms with Crippen LogP contribution in [0, 0.1) is 5.82 Å². The molecule has 0 aromatic heterocycles. The first-order valence-electron chi connectivity index (χ1n) is 9.04. The van der Waals surface area contributed by atoms with Gasteiger partial charge in [-0.3, -0.25) is 9.59 Å². The molecule has 0 unspecified atom stereocenters. The fourth-order valence-electron chi connectivity index (χ4n) is 3.20. The van der Waals surface area contributed by atoms with Crippen LogP contribution in [0.5, 0.6) is 0 Å². The third-order valence-corrected chi connectivity index (χ3v) is 4.66. The summed E-state index contributed by atoms with van der Waals surface area (Å²) in [4.78, 5) is 24.3. The third kappa shape index (κ3) is 4.99. The monoisotopic (exact) mass is 362 g/mol. The summed E-state index contributed by atoms with van der Waals surface area (Å²) in [5, 5.41) is 2.85. The highest BCUT2D eigenvalue weighted by molar-refractivity contribution is 6.08. The normalized spacial score (nSPS) is 22.8. The molecule has 142 valence electrons. The van der Waals surface area contributed by atoms with Gasteiger partial charge in [-0.25, -0.2) is 4.39 Å².